The number of nitrogens with one attached hydrogen (secondary N) is 1. The molecular weight excluding hydrogens is 366 g/mol. The van der Waals surface area contributed by atoms with E-state index in [9.17, 15) is 4.79 Å². The van der Waals surface area contributed by atoms with Crippen LogP contribution in [0.25, 0.3) is 0 Å². The monoisotopic (exact) mass is 391 g/mol. The fourth-order valence-corrected chi connectivity index (χ4v) is 3.72. The van der Waals surface area contributed by atoms with Crippen LogP contribution >= 0.6 is 11.8 Å². The predicted octanol–water partition coefficient (Wildman–Crippen LogP) is 5.48. The van der Waals surface area contributed by atoms with Gasteiger partial charge in [-0.1, -0.05) is 60.2 Å². The second-order valence-electron chi connectivity index (χ2n) is 6.77. The van der Waals surface area contributed by atoms with E-state index in [1.54, 1.807) is 11.8 Å². The molecule has 3 aromatic carbocycles. The molecule has 0 spiro atoms. The summed E-state index contributed by atoms with van der Waals surface area (Å²) in [5.74, 6) is 1.57. The minimum atomic E-state index is -0.0963. The highest BCUT2D eigenvalue weighted by Crippen LogP contribution is 2.26. The molecule has 1 N–H and O–H groups in total. The third kappa shape index (κ3) is 5.89. The van der Waals surface area contributed by atoms with E-state index in [1.807, 2.05) is 80.6 Å². The first-order chi connectivity index (χ1) is 13.6. The van der Waals surface area contributed by atoms with Crippen molar-refractivity contribution in [3.63, 3.8) is 0 Å². The Morgan fingerprint density at radius 2 is 1.64 bits per heavy atom. The van der Waals surface area contributed by atoms with Gasteiger partial charge in [-0.25, -0.2) is 0 Å². The number of ether oxygens (including phenoxy) is 1. The van der Waals surface area contributed by atoms with E-state index in [0.29, 0.717) is 12.2 Å². The Kier molecular flexibility index (Phi) is 7.15. The molecular formula is C24H25NO2S. The highest BCUT2D eigenvalue weighted by molar-refractivity contribution is 7.98. The van der Waals surface area contributed by atoms with Crippen molar-refractivity contribution in [2.24, 2.45) is 0 Å². The van der Waals surface area contributed by atoms with Gasteiger partial charge >= 0.3 is 0 Å². The molecule has 0 aliphatic rings. The summed E-state index contributed by atoms with van der Waals surface area (Å²) in [5.41, 5.74) is 3.13. The van der Waals surface area contributed by atoms with Crippen LogP contribution in [0.2, 0.25) is 0 Å². The molecule has 28 heavy (non-hydrogen) atoms. The quantitative estimate of drug-likeness (QED) is 0.516. The lowest BCUT2D eigenvalue weighted by molar-refractivity contribution is 0.0923. The van der Waals surface area contributed by atoms with Crippen molar-refractivity contribution in [1.29, 1.82) is 0 Å². The fourth-order valence-electron chi connectivity index (χ4n) is 2.71. The summed E-state index contributed by atoms with van der Waals surface area (Å²) in [6, 6.07) is 25.8. The molecule has 0 aliphatic heterocycles. The molecule has 1 amide bonds. The van der Waals surface area contributed by atoms with E-state index in [0.717, 1.165) is 16.4 Å². The van der Waals surface area contributed by atoms with Crippen LogP contribution in [0.5, 0.6) is 5.75 Å². The maximum absolute atomic E-state index is 12.8. The zero-order valence-corrected chi connectivity index (χ0v) is 17.0. The van der Waals surface area contributed by atoms with Crippen molar-refractivity contribution in [2.75, 3.05) is 6.61 Å². The molecule has 3 aromatic rings. The van der Waals surface area contributed by atoms with Crippen LogP contribution in [0.4, 0.5) is 0 Å². The number of benzene rings is 3. The zero-order chi connectivity index (χ0) is 19.8. The second kappa shape index (κ2) is 10.00. The van der Waals surface area contributed by atoms with E-state index in [-0.39, 0.29) is 11.9 Å². The number of aryl methyl sites for hydroxylation is 1. The van der Waals surface area contributed by atoms with E-state index in [1.165, 1.54) is 11.1 Å². The van der Waals surface area contributed by atoms with Crippen LogP contribution in [0.15, 0.2) is 83.8 Å². The molecule has 3 rings (SSSR count). The predicted molar refractivity (Wildman–Crippen MR) is 116 cm³/mol. The Bertz CT molecular complexity index is 894. The first-order valence-electron chi connectivity index (χ1n) is 9.38. The van der Waals surface area contributed by atoms with E-state index in [4.69, 9.17) is 4.74 Å². The van der Waals surface area contributed by atoms with Gasteiger partial charge in [0, 0.05) is 10.6 Å². The van der Waals surface area contributed by atoms with E-state index < -0.39 is 0 Å². The van der Waals surface area contributed by atoms with Crippen molar-refractivity contribution >= 4 is 17.7 Å². The minimum Gasteiger partial charge on any atom is -0.491 e. The number of thioether (sulfide) groups is 1. The Morgan fingerprint density at radius 1 is 0.964 bits per heavy atom. The summed E-state index contributed by atoms with van der Waals surface area (Å²) < 4.78 is 5.78. The molecule has 0 saturated heterocycles. The first kappa shape index (κ1) is 20.0. The summed E-state index contributed by atoms with van der Waals surface area (Å²) in [6.45, 7) is 4.42. The number of hydrogen-bond acceptors (Lipinski definition) is 3. The molecule has 1 unspecified atom stereocenters. The van der Waals surface area contributed by atoms with Gasteiger partial charge in [-0.2, -0.15) is 0 Å². The molecule has 1 atom stereocenters. The van der Waals surface area contributed by atoms with Crippen molar-refractivity contribution in [3.05, 3.63) is 95.6 Å². The van der Waals surface area contributed by atoms with Gasteiger partial charge in [-0.05, 0) is 43.7 Å². The van der Waals surface area contributed by atoms with Gasteiger partial charge in [0.1, 0.15) is 12.4 Å². The fraction of sp³-hybridized carbons (Fsp3) is 0.208. The Balaban J connectivity index is 1.56. The maximum Gasteiger partial charge on any atom is 0.252 e. The van der Waals surface area contributed by atoms with Gasteiger partial charge in [-0.15, -0.1) is 11.8 Å². The average molecular weight is 392 g/mol. The Morgan fingerprint density at radius 3 is 2.39 bits per heavy atom. The average Bonchev–Trinajstić information content (AvgIpc) is 2.73. The van der Waals surface area contributed by atoms with Crippen LogP contribution < -0.4 is 10.1 Å². The van der Waals surface area contributed by atoms with Crippen molar-refractivity contribution in [1.82, 2.24) is 5.32 Å². The summed E-state index contributed by atoms with van der Waals surface area (Å²) >= 11 is 1.68. The van der Waals surface area contributed by atoms with Gasteiger partial charge in [0.2, 0.25) is 0 Å². The molecule has 144 valence electrons. The van der Waals surface area contributed by atoms with Gasteiger partial charge in [0.05, 0.1) is 11.6 Å². The van der Waals surface area contributed by atoms with Crippen molar-refractivity contribution in [2.45, 2.75) is 30.5 Å². The third-order valence-corrected chi connectivity index (χ3v) is 5.41. The standard InChI is InChI=1S/C24H25NO2S/c1-18-12-14-21(15-13-18)27-16-19(2)25-24(26)22-10-6-7-11-23(22)28-17-20-8-4-3-5-9-20/h3-15,19H,16-17H2,1-2H3,(H,25,26). The number of rotatable bonds is 8. The molecule has 0 aliphatic carbocycles. The molecule has 0 aromatic heterocycles. The van der Waals surface area contributed by atoms with Gasteiger partial charge in [-0.3, -0.25) is 4.79 Å². The van der Waals surface area contributed by atoms with E-state index in [2.05, 4.69) is 17.4 Å². The minimum absolute atomic E-state index is 0.0730. The van der Waals surface area contributed by atoms with Gasteiger partial charge in [0.25, 0.3) is 5.91 Å². The van der Waals surface area contributed by atoms with Crippen molar-refractivity contribution < 1.29 is 9.53 Å². The lowest BCUT2D eigenvalue weighted by atomic mass is 10.2. The van der Waals surface area contributed by atoms with Crippen LogP contribution in [-0.4, -0.2) is 18.6 Å². The van der Waals surface area contributed by atoms with Crippen LogP contribution in [-0.2, 0) is 5.75 Å². The zero-order valence-electron chi connectivity index (χ0n) is 16.2. The highest BCUT2D eigenvalue weighted by atomic mass is 32.2. The molecule has 3 nitrogen and oxygen atoms in total. The Hall–Kier alpha value is -2.72. The summed E-state index contributed by atoms with van der Waals surface area (Å²) in [7, 11) is 0. The molecule has 0 fully saturated rings. The second-order valence-corrected chi connectivity index (χ2v) is 7.79. The highest BCUT2D eigenvalue weighted by Gasteiger charge is 2.14. The molecule has 0 bridgehead atoms. The Labute approximate surface area is 171 Å². The van der Waals surface area contributed by atoms with E-state index >= 15 is 0 Å². The van der Waals surface area contributed by atoms with Gasteiger partial charge in [0.15, 0.2) is 0 Å². The molecule has 0 saturated carbocycles. The van der Waals surface area contributed by atoms with Crippen LogP contribution in [0.3, 0.4) is 0 Å². The van der Waals surface area contributed by atoms with Crippen LogP contribution in [0.1, 0.15) is 28.4 Å². The number of carbonyl (C=O) groups excluding carboxylic acids is 1. The largest absolute Gasteiger partial charge is 0.491 e. The smallest absolute Gasteiger partial charge is 0.252 e. The molecule has 0 radical (unpaired) electrons. The third-order valence-electron chi connectivity index (χ3n) is 4.27. The summed E-state index contributed by atoms with van der Waals surface area (Å²) in [6.07, 6.45) is 0. The maximum atomic E-state index is 12.8. The number of hydrogen-bond donors (Lipinski definition) is 1. The molecule has 4 heteroatoms. The topological polar surface area (TPSA) is 38.3 Å². The first-order valence-corrected chi connectivity index (χ1v) is 10.4. The molecule has 0 heterocycles. The van der Waals surface area contributed by atoms with Crippen LogP contribution in [0, 0.1) is 6.92 Å². The van der Waals surface area contributed by atoms with Crippen molar-refractivity contribution in [3.8, 4) is 5.75 Å². The normalized spacial score (nSPS) is 11.6. The lowest BCUT2D eigenvalue weighted by Gasteiger charge is -2.16. The summed E-state index contributed by atoms with van der Waals surface area (Å²) in [4.78, 5) is 13.7. The van der Waals surface area contributed by atoms with Gasteiger partial charge < -0.3 is 10.1 Å². The number of carbonyl (C=O) groups is 1. The summed E-state index contributed by atoms with van der Waals surface area (Å²) in [5, 5.41) is 3.04. The SMILES string of the molecule is Cc1ccc(OCC(C)NC(=O)c2ccccc2SCc2ccccc2)cc1. The number of amides is 1. The lowest BCUT2D eigenvalue weighted by Crippen LogP contribution is -2.37.